The highest BCUT2D eigenvalue weighted by molar-refractivity contribution is 9.10. The Bertz CT molecular complexity index is 722. The van der Waals surface area contributed by atoms with Gasteiger partial charge in [-0.05, 0) is 43.3 Å². The van der Waals surface area contributed by atoms with Crippen molar-refractivity contribution in [2.24, 2.45) is 0 Å². The van der Waals surface area contributed by atoms with Crippen LogP contribution in [-0.4, -0.2) is 48.0 Å². The first kappa shape index (κ1) is 18.7. The third kappa shape index (κ3) is 5.20. The fourth-order valence-electron chi connectivity index (χ4n) is 2.96. The molecule has 1 aromatic heterocycles. The van der Waals surface area contributed by atoms with E-state index in [0.29, 0.717) is 5.75 Å². The summed E-state index contributed by atoms with van der Waals surface area (Å²) < 4.78 is 7.42. The summed E-state index contributed by atoms with van der Waals surface area (Å²) in [4.78, 5) is 18.0. The molecule has 0 saturated carbocycles. The highest BCUT2D eigenvalue weighted by Gasteiger charge is 2.27. The van der Waals surface area contributed by atoms with Crippen molar-refractivity contribution in [2.45, 2.75) is 19.5 Å². The summed E-state index contributed by atoms with van der Waals surface area (Å²) >= 11 is 11.0. The molecule has 2 heterocycles. The summed E-state index contributed by atoms with van der Waals surface area (Å²) in [5.74, 6) is 0.742. The van der Waals surface area contributed by atoms with Gasteiger partial charge < -0.3 is 9.64 Å². The number of amides is 1. The van der Waals surface area contributed by atoms with Crippen LogP contribution < -0.4 is 4.74 Å². The lowest BCUT2D eigenvalue weighted by molar-refractivity contribution is -0.138. The molecule has 7 heteroatoms. The molecule has 0 unspecified atom stereocenters. The molecule has 25 heavy (non-hydrogen) atoms. The fourth-order valence-corrected chi connectivity index (χ4v) is 4.36. The number of hydrogen-bond donors (Lipinski definition) is 0. The first-order valence-corrected chi connectivity index (χ1v) is 10.1. The van der Waals surface area contributed by atoms with Crippen molar-refractivity contribution in [1.29, 1.82) is 0 Å². The SMILES string of the molecule is C[C@@H]1CN(Cc2ccc(Cl)s2)CCN1C(=O)COc1ccc(Br)cc1. The van der Waals surface area contributed by atoms with Crippen LogP contribution in [0, 0.1) is 0 Å². The summed E-state index contributed by atoms with van der Waals surface area (Å²) in [5, 5.41) is 0. The van der Waals surface area contributed by atoms with Crippen LogP contribution in [0.2, 0.25) is 4.34 Å². The molecule has 0 radical (unpaired) electrons. The van der Waals surface area contributed by atoms with E-state index in [4.69, 9.17) is 16.3 Å². The van der Waals surface area contributed by atoms with Crippen LogP contribution in [0.5, 0.6) is 5.75 Å². The quantitative estimate of drug-likeness (QED) is 0.691. The molecule has 0 bridgehead atoms. The Morgan fingerprint density at radius 3 is 2.68 bits per heavy atom. The Morgan fingerprint density at radius 1 is 1.28 bits per heavy atom. The first-order chi connectivity index (χ1) is 12.0. The minimum absolute atomic E-state index is 0.0363. The molecule has 0 aliphatic carbocycles. The topological polar surface area (TPSA) is 32.8 Å². The highest BCUT2D eigenvalue weighted by Crippen LogP contribution is 2.24. The zero-order chi connectivity index (χ0) is 17.8. The van der Waals surface area contributed by atoms with Gasteiger partial charge in [0.25, 0.3) is 5.91 Å². The summed E-state index contributed by atoms with van der Waals surface area (Å²) in [6, 6.07) is 11.7. The third-order valence-corrected chi connectivity index (χ3v) is 5.96. The van der Waals surface area contributed by atoms with Crippen molar-refractivity contribution >= 4 is 44.8 Å². The number of nitrogens with zero attached hydrogens (tertiary/aromatic N) is 2. The molecule has 134 valence electrons. The maximum absolute atomic E-state index is 12.5. The van der Waals surface area contributed by atoms with E-state index in [9.17, 15) is 4.79 Å². The van der Waals surface area contributed by atoms with Crippen molar-refractivity contribution in [3.63, 3.8) is 0 Å². The molecule has 0 N–H and O–H groups in total. The Balaban J connectivity index is 1.48. The lowest BCUT2D eigenvalue weighted by Gasteiger charge is -2.39. The zero-order valence-electron chi connectivity index (χ0n) is 14.0. The molecule has 1 atom stereocenters. The van der Waals surface area contributed by atoms with Crippen LogP contribution in [0.3, 0.4) is 0 Å². The minimum atomic E-state index is 0.0363. The Hall–Kier alpha value is -1.08. The predicted octanol–water partition coefficient (Wildman–Crippen LogP) is 4.28. The Morgan fingerprint density at radius 2 is 2.04 bits per heavy atom. The summed E-state index contributed by atoms with van der Waals surface area (Å²) in [6.45, 7) is 5.50. The minimum Gasteiger partial charge on any atom is -0.484 e. The van der Waals surface area contributed by atoms with Gasteiger partial charge in [0.2, 0.25) is 0 Å². The van der Waals surface area contributed by atoms with Crippen LogP contribution >= 0.6 is 38.9 Å². The average Bonchev–Trinajstić information content (AvgIpc) is 2.99. The molecule has 1 aromatic carbocycles. The molecule has 1 fully saturated rings. The number of benzene rings is 1. The van der Waals surface area contributed by atoms with Crippen molar-refractivity contribution in [1.82, 2.24) is 9.80 Å². The summed E-state index contributed by atoms with van der Waals surface area (Å²) in [7, 11) is 0. The molecule has 1 aliphatic heterocycles. The Labute approximate surface area is 165 Å². The normalized spacial score (nSPS) is 18.4. The third-order valence-electron chi connectivity index (χ3n) is 4.22. The molecule has 2 aromatic rings. The second-order valence-corrected chi connectivity index (χ2v) is 8.83. The van der Waals surface area contributed by atoms with Crippen LogP contribution in [-0.2, 0) is 11.3 Å². The number of carbonyl (C=O) groups excluding carboxylic acids is 1. The van der Waals surface area contributed by atoms with E-state index in [-0.39, 0.29) is 18.6 Å². The second-order valence-electron chi connectivity index (χ2n) is 6.12. The smallest absolute Gasteiger partial charge is 0.260 e. The molecule has 0 spiro atoms. The molecule has 1 aliphatic rings. The number of hydrogen-bond acceptors (Lipinski definition) is 4. The van der Waals surface area contributed by atoms with E-state index in [0.717, 1.165) is 35.0 Å². The Kier molecular flexibility index (Phi) is 6.39. The summed E-state index contributed by atoms with van der Waals surface area (Å²) in [5.41, 5.74) is 0. The highest BCUT2D eigenvalue weighted by atomic mass is 79.9. The first-order valence-electron chi connectivity index (χ1n) is 8.15. The van der Waals surface area contributed by atoms with Gasteiger partial charge in [-0.3, -0.25) is 9.69 Å². The van der Waals surface area contributed by atoms with E-state index < -0.39 is 0 Å². The van der Waals surface area contributed by atoms with E-state index in [1.165, 1.54) is 4.88 Å². The number of halogens is 2. The number of ether oxygens (including phenoxy) is 1. The predicted molar refractivity (Wildman–Crippen MR) is 105 cm³/mol. The maximum Gasteiger partial charge on any atom is 0.260 e. The van der Waals surface area contributed by atoms with Crippen molar-refractivity contribution in [3.8, 4) is 5.75 Å². The molecule has 1 saturated heterocycles. The van der Waals surface area contributed by atoms with E-state index >= 15 is 0 Å². The van der Waals surface area contributed by atoms with Gasteiger partial charge >= 0.3 is 0 Å². The monoisotopic (exact) mass is 442 g/mol. The number of rotatable bonds is 5. The van der Waals surface area contributed by atoms with Gasteiger partial charge in [0.05, 0.1) is 4.34 Å². The van der Waals surface area contributed by atoms with Gasteiger partial charge in [-0.25, -0.2) is 0 Å². The summed E-state index contributed by atoms with van der Waals surface area (Å²) in [6.07, 6.45) is 0. The van der Waals surface area contributed by atoms with Crippen LogP contribution in [0.1, 0.15) is 11.8 Å². The number of piperazine rings is 1. The van der Waals surface area contributed by atoms with Gasteiger partial charge in [0.1, 0.15) is 5.75 Å². The van der Waals surface area contributed by atoms with E-state index in [2.05, 4.69) is 33.8 Å². The number of thiophene rings is 1. The van der Waals surface area contributed by atoms with Gasteiger partial charge in [-0.15, -0.1) is 11.3 Å². The maximum atomic E-state index is 12.5. The van der Waals surface area contributed by atoms with Gasteiger partial charge in [-0.2, -0.15) is 0 Å². The lowest BCUT2D eigenvalue weighted by atomic mass is 10.2. The lowest BCUT2D eigenvalue weighted by Crippen LogP contribution is -2.54. The van der Waals surface area contributed by atoms with Crippen LogP contribution in [0.15, 0.2) is 40.9 Å². The average molecular weight is 444 g/mol. The zero-order valence-corrected chi connectivity index (χ0v) is 17.1. The van der Waals surface area contributed by atoms with E-state index in [1.807, 2.05) is 35.2 Å². The van der Waals surface area contributed by atoms with Crippen molar-refractivity contribution < 1.29 is 9.53 Å². The van der Waals surface area contributed by atoms with E-state index in [1.54, 1.807) is 11.3 Å². The standard InChI is InChI=1S/C18H20BrClN2O2S/c1-13-10-21(11-16-6-7-17(20)25-16)8-9-22(13)18(23)12-24-15-4-2-14(19)3-5-15/h2-7,13H,8-12H2,1H3/t13-/m1/s1. The molecule has 3 rings (SSSR count). The van der Waals surface area contributed by atoms with Crippen LogP contribution in [0.4, 0.5) is 0 Å². The van der Waals surface area contributed by atoms with Crippen LogP contribution in [0.25, 0.3) is 0 Å². The van der Waals surface area contributed by atoms with Gasteiger partial charge in [-0.1, -0.05) is 27.5 Å². The van der Waals surface area contributed by atoms with Crippen molar-refractivity contribution in [3.05, 3.63) is 50.1 Å². The molecular weight excluding hydrogens is 424 g/mol. The molecule has 1 amide bonds. The second kappa shape index (κ2) is 8.54. The fraction of sp³-hybridized carbons (Fsp3) is 0.389. The van der Waals surface area contributed by atoms with Gasteiger partial charge in [0.15, 0.2) is 6.61 Å². The van der Waals surface area contributed by atoms with Gasteiger partial charge in [0, 0.05) is 41.6 Å². The van der Waals surface area contributed by atoms with Crippen molar-refractivity contribution in [2.75, 3.05) is 26.2 Å². The largest absolute Gasteiger partial charge is 0.484 e. The molecular formula is C18H20BrClN2O2S. The number of carbonyl (C=O) groups is 1. The molecule has 4 nitrogen and oxygen atoms in total.